The minimum atomic E-state index is -0.707. The summed E-state index contributed by atoms with van der Waals surface area (Å²) in [4.78, 5) is 33.2. The number of nitrogens with one attached hydrogen (secondary N) is 1. The number of allylic oxidation sites excluding steroid dienone is 1. The average Bonchev–Trinajstić information content (AvgIpc) is 3.30. The molecule has 0 unspecified atom stereocenters. The number of methoxy groups -OCH3 is 2. The molecule has 1 aromatic heterocycles. The molecule has 41 heavy (non-hydrogen) atoms. The molecule has 2 heterocycles. The molecule has 7 nitrogen and oxygen atoms in total. The first-order valence-corrected chi connectivity index (χ1v) is 13.9. The number of hydrogen-bond acceptors (Lipinski definition) is 6. The van der Waals surface area contributed by atoms with E-state index in [4.69, 9.17) is 14.5 Å². The third-order valence-corrected chi connectivity index (χ3v) is 8.12. The van der Waals surface area contributed by atoms with Gasteiger partial charge in [-0.2, -0.15) is 0 Å². The van der Waals surface area contributed by atoms with Crippen LogP contribution in [0.5, 0.6) is 11.5 Å². The Morgan fingerprint density at radius 2 is 1.73 bits per heavy atom. The van der Waals surface area contributed by atoms with Gasteiger partial charge in [0, 0.05) is 11.3 Å². The molecule has 8 heteroatoms. The molecule has 0 radical (unpaired) electrons. The van der Waals surface area contributed by atoms with Crippen LogP contribution < -0.4 is 29.7 Å². The van der Waals surface area contributed by atoms with Crippen LogP contribution in [-0.4, -0.2) is 24.7 Å². The van der Waals surface area contributed by atoms with Gasteiger partial charge < -0.3 is 14.8 Å². The van der Waals surface area contributed by atoms with Crippen molar-refractivity contribution in [3.63, 3.8) is 0 Å². The van der Waals surface area contributed by atoms with E-state index in [2.05, 4.69) is 5.32 Å². The quantitative estimate of drug-likeness (QED) is 0.315. The second-order valence-corrected chi connectivity index (χ2v) is 10.6. The van der Waals surface area contributed by atoms with Crippen molar-refractivity contribution in [2.24, 2.45) is 4.99 Å². The molecule has 0 saturated carbocycles. The van der Waals surface area contributed by atoms with Gasteiger partial charge in [0.2, 0.25) is 0 Å². The van der Waals surface area contributed by atoms with Gasteiger partial charge in [0.15, 0.2) is 4.80 Å². The van der Waals surface area contributed by atoms with E-state index in [1.807, 2.05) is 97.1 Å². The fraction of sp³-hybridized carbons (Fsp3) is 0.121. The minimum absolute atomic E-state index is 0.242. The molecule has 4 aromatic carbocycles. The van der Waals surface area contributed by atoms with Gasteiger partial charge in [-0.25, -0.2) is 4.99 Å². The third kappa shape index (κ3) is 4.83. The molecule has 0 fully saturated rings. The van der Waals surface area contributed by atoms with E-state index in [1.54, 1.807) is 25.7 Å². The van der Waals surface area contributed by atoms with Crippen molar-refractivity contribution < 1.29 is 14.3 Å². The first kappa shape index (κ1) is 26.3. The highest BCUT2D eigenvalue weighted by molar-refractivity contribution is 7.07. The number of carbonyl (C=O) groups is 1. The number of fused-ring (bicyclic) bond motifs is 2. The Bertz CT molecular complexity index is 2010. The highest BCUT2D eigenvalue weighted by Gasteiger charge is 2.33. The lowest BCUT2D eigenvalue weighted by Gasteiger charge is -2.25. The first-order chi connectivity index (χ1) is 20.0. The maximum atomic E-state index is 14.2. The monoisotopic (exact) mass is 561 g/mol. The molecule has 1 N–H and O–H groups in total. The van der Waals surface area contributed by atoms with E-state index < -0.39 is 6.04 Å². The number of anilines is 1. The van der Waals surface area contributed by atoms with E-state index in [-0.39, 0.29) is 11.5 Å². The molecule has 0 saturated heterocycles. The topological polar surface area (TPSA) is 81.9 Å². The molecule has 6 rings (SSSR count). The number of amides is 1. The molecule has 1 aliphatic rings. The fourth-order valence-electron chi connectivity index (χ4n) is 5.19. The summed E-state index contributed by atoms with van der Waals surface area (Å²) >= 11 is 1.29. The molecule has 1 atom stereocenters. The summed E-state index contributed by atoms with van der Waals surface area (Å²) in [5, 5.41) is 4.99. The molecule has 0 bridgehead atoms. The largest absolute Gasteiger partial charge is 0.497 e. The maximum Gasteiger partial charge on any atom is 0.271 e. The Morgan fingerprint density at radius 3 is 2.51 bits per heavy atom. The van der Waals surface area contributed by atoms with Crippen molar-refractivity contribution >= 4 is 39.8 Å². The van der Waals surface area contributed by atoms with Crippen LogP contribution in [0.15, 0.2) is 112 Å². The third-order valence-electron chi connectivity index (χ3n) is 7.13. The van der Waals surface area contributed by atoms with Crippen molar-refractivity contribution in [1.29, 1.82) is 0 Å². The Morgan fingerprint density at radius 1 is 0.951 bits per heavy atom. The van der Waals surface area contributed by atoms with Gasteiger partial charge in [-0.15, -0.1) is 0 Å². The van der Waals surface area contributed by atoms with Crippen molar-refractivity contribution in [2.75, 3.05) is 19.5 Å². The number of benzene rings is 4. The molecule has 5 aromatic rings. The number of rotatable bonds is 6. The summed E-state index contributed by atoms with van der Waals surface area (Å²) in [5.41, 5.74) is 2.90. The minimum Gasteiger partial charge on any atom is -0.497 e. The van der Waals surface area contributed by atoms with Gasteiger partial charge in [0.1, 0.15) is 11.5 Å². The van der Waals surface area contributed by atoms with Crippen molar-refractivity contribution in [1.82, 2.24) is 4.57 Å². The summed E-state index contributed by atoms with van der Waals surface area (Å²) in [6.45, 7) is 1.80. The van der Waals surface area contributed by atoms with Crippen molar-refractivity contribution in [3.05, 3.63) is 133 Å². The van der Waals surface area contributed by atoms with Gasteiger partial charge in [0.25, 0.3) is 11.5 Å². The van der Waals surface area contributed by atoms with Crippen LogP contribution in [0.1, 0.15) is 24.1 Å². The molecule has 204 valence electrons. The molecular weight excluding hydrogens is 534 g/mol. The van der Waals surface area contributed by atoms with Gasteiger partial charge in [0.05, 0.1) is 36.1 Å². The van der Waals surface area contributed by atoms with Gasteiger partial charge in [-0.1, -0.05) is 72.0 Å². The molecule has 0 spiro atoms. The summed E-state index contributed by atoms with van der Waals surface area (Å²) in [6.07, 6.45) is 1.86. The van der Waals surface area contributed by atoms with Crippen LogP contribution in [0.25, 0.3) is 16.8 Å². The predicted molar refractivity (Wildman–Crippen MR) is 162 cm³/mol. The smallest absolute Gasteiger partial charge is 0.271 e. The Balaban J connectivity index is 1.57. The molecular formula is C33H27N3O4S. The normalized spacial score (nSPS) is 14.9. The lowest BCUT2D eigenvalue weighted by Crippen LogP contribution is -2.40. The lowest BCUT2D eigenvalue weighted by atomic mass is 9.95. The van der Waals surface area contributed by atoms with E-state index in [1.165, 1.54) is 11.3 Å². The Hall–Kier alpha value is -4.95. The van der Waals surface area contributed by atoms with Gasteiger partial charge in [-0.05, 0) is 59.7 Å². The number of aromatic nitrogens is 1. The molecule has 1 aliphatic heterocycles. The number of para-hydroxylation sites is 1. The zero-order valence-electron chi connectivity index (χ0n) is 22.8. The van der Waals surface area contributed by atoms with E-state index >= 15 is 0 Å². The summed E-state index contributed by atoms with van der Waals surface area (Å²) < 4.78 is 13.3. The first-order valence-electron chi connectivity index (χ1n) is 13.1. The van der Waals surface area contributed by atoms with Crippen molar-refractivity contribution in [3.8, 4) is 11.5 Å². The number of hydrogen-bond donors (Lipinski definition) is 1. The van der Waals surface area contributed by atoms with E-state index in [0.29, 0.717) is 37.8 Å². The predicted octanol–water partition coefficient (Wildman–Crippen LogP) is 5.04. The van der Waals surface area contributed by atoms with Crippen LogP contribution in [0.4, 0.5) is 5.69 Å². The van der Waals surface area contributed by atoms with Crippen LogP contribution in [0, 0.1) is 0 Å². The standard InChI is InChI=1S/C33H27N3O4S/c1-20-29(31(37)35-23-12-5-4-6-13-23)30(22-11-9-14-24(18-22)39-2)36-32(38)28(41-33(36)34-20)19-26-25-15-8-7-10-21(25)16-17-27(26)40-3/h4-19,30H,1-3H3,(H,35,37)/b28-19+/t30-/m0/s1. The van der Waals surface area contributed by atoms with Gasteiger partial charge in [-0.3, -0.25) is 14.2 Å². The second-order valence-electron chi connectivity index (χ2n) is 9.58. The number of carbonyl (C=O) groups excluding carboxylic acids is 1. The number of thiazole rings is 1. The number of nitrogens with zero attached hydrogens (tertiary/aromatic N) is 2. The Labute approximate surface area is 240 Å². The van der Waals surface area contributed by atoms with Crippen molar-refractivity contribution in [2.45, 2.75) is 13.0 Å². The average molecular weight is 562 g/mol. The van der Waals surface area contributed by atoms with Crippen LogP contribution in [0.2, 0.25) is 0 Å². The summed E-state index contributed by atoms with van der Waals surface area (Å²) in [5.74, 6) is 0.968. The zero-order valence-corrected chi connectivity index (χ0v) is 23.6. The van der Waals surface area contributed by atoms with Crippen LogP contribution in [0.3, 0.4) is 0 Å². The molecule has 1 amide bonds. The van der Waals surface area contributed by atoms with E-state index in [0.717, 1.165) is 21.9 Å². The van der Waals surface area contributed by atoms with Crippen LogP contribution >= 0.6 is 11.3 Å². The zero-order chi connectivity index (χ0) is 28.5. The van der Waals surface area contributed by atoms with Gasteiger partial charge >= 0.3 is 0 Å². The summed E-state index contributed by atoms with van der Waals surface area (Å²) in [7, 11) is 3.21. The van der Waals surface area contributed by atoms with E-state index in [9.17, 15) is 9.59 Å². The lowest BCUT2D eigenvalue weighted by molar-refractivity contribution is -0.113. The number of ether oxygens (including phenoxy) is 2. The maximum absolute atomic E-state index is 14.2. The Kier molecular flexibility index (Phi) is 6.99. The molecule has 0 aliphatic carbocycles. The fourth-order valence-corrected chi connectivity index (χ4v) is 6.22. The van der Waals surface area contributed by atoms with Crippen LogP contribution in [-0.2, 0) is 4.79 Å². The SMILES string of the molecule is COc1cccc([C@H]2C(C(=O)Nc3ccccc3)=C(C)N=c3s/c(=C/c4c(OC)ccc5ccccc45)c(=O)n32)c1. The summed E-state index contributed by atoms with van der Waals surface area (Å²) in [6, 6.07) is 27.8. The highest BCUT2D eigenvalue weighted by Crippen LogP contribution is 2.33. The second kappa shape index (κ2) is 10.9. The highest BCUT2D eigenvalue weighted by atomic mass is 32.1.